The van der Waals surface area contributed by atoms with Gasteiger partial charge in [-0.1, -0.05) is 18.2 Å². The molecular weight excluding hydrogens is 471 g/mol. The maximum atomic E-state index is 14.2. The van der Waals surface area contributed by atoms with E-state index in [0.717, 1.165) is 29.3 Å². The summed E-state index contributed by atoms with van der Waals surface area (Å²) in [6.07, 6.45) is 4.66. The molecule has 2 aromatic carbocycles. The normalized spacial score (nSPS) is 19.8. The summed E-state index contributed by atoms with van der Waals surface area (Å²) in [6.45, 7) is 3.87. The van der Waals surface area contributed by atoms with Gasteiger partial charge in [0.2, 0.25) is 5.88 Å². The number of rotatable bonds is 7. The minimum absolute atomic E-state index is 0.00844. The Morgan fingerprint density at radius 1 is 1.24 bits per heavy atom. The van der Waals surface area contributed by atoms with E-state index in [2.05, 4.69) is 20.5 Å². The highest BCUT2D eigenvalue weighted by molar-refractivity contribution is 6.01. The number of H-pyrrole nitrogens is 1. The molecule has 5 rings (SSSR count). The molecule has 0 aliphatic heterocycles. The molecule has 2 heterocycles. The largest absolute Gasteiger partial charge is 0.475 e. The number of hydrogen-bond donors (Lipinski definition) is 3. The fourth-order valence-electron chi connectivity index (χ4n) is 5.15. The Hall–Kier alpha value is -3.78. The highest BCUT2D eigenvalue weighted by Crippen LogP contribution is 2.34. The zero-order valence-electron chi connectivity index (χ0n) is 21.0. The van der Waals surface area contributed by atoms with Crippen LogP contribution in [0.1, 0.15) is 55.5 Å². The minimum atomic E-state index is -1.34. The zero-order valence-corrected chi connectivity index (χ0v) is 21.0. The highest BCUT2D eigenvalue weighted by atomic mass is 19.1. The number of aromatic amines is 1. The van der Waals surface area contributed by atoms with E-state index < -0.39 is 5.72 Å². The molecule has 0 radical (unpaired) electrons. The molecule has 1 aliphatic carbocycles. The number of benzene rings is 2. The molecule has 3 N–H and O–H groups in total. The smallest absolute Gasteiger partial charge is 0.253 e. The van der Waals surface area contributed by atoms with Crippen molar-refractivity contribution in [3.8, 4) is 17.1 Å². The van der Waals surface area contributed by atoms with E-state index in [1.54, 1.807) is 36.5 Å². The Kier molecular flexibility index (Phi) is 6.93. The lowest BCUT2D eigenvalue weighted by atomic mass is 9.79. The first-order valence-electron chi connectivity index (χ1n) is 12.7. The van der Waals surface area contributed by atoms with Gasteiger partial charge in [0.15, 0.2) is 0 Å². The van der Waals surface area contributed by atoms with Gasteiger partial charge in [0.25, 0.3) is 5.91 Å². The van der Waals surface area contributed by atoms with E-state index in [4.69, 9.17) is 4.74 Å². The van der Waals surface area contributed by atoms with Crippen molar-refractivity contribution in [1.82, 2.24) is 20.5 Å². The van der Waals surface area contributed by atoms with Crippen molar-refractivity contribution in [3.05, 3.63) is 77.7 Å². The number of aliphatic hydroxyl groups is 1. The predicted octanol–water partition coefficient (Wildman–Crippen LogP) is 5.40. The second kappa shape index (κ2) is 10.3. The van der Waals surface area contributed by atoms with Crippen LogP contribution in [0.4, 0.5) is 4.39 Å². The lowest BCUT2D eigenvalue weighted by Gasteiger charge is -2.37. The van der Waals surface area contributed by atoms with Crippen LogP contribution in [0.3, 0.4) is 0 Å². The SMILES string of the molecule is CC(C)Oc1cc(-c2n[nH]c3ccc(C(=O)N[C@@]4(O)CCC[C@@H](Cc5ccccc5F)C4)cc23)ccn1. The van der Waals surface area contributed by atoms with Gasteiger partial charge in [0, 0.05) is 28.8 Å². The van der Waals surface area contributed by atoms with E-state index in [-0.39, 0.29) is 23.7 Å². The van der Waals surface area contributed by atoms with Gasteiger partial charge in [-0.25, -0.2) is 9.37 Å². The van der Waals surface area contributed by atoms with Crippen LogP contribution in [0.2, 0.25) is 0 Å². The van der Waals surface area contributed by atoms with Gasteiger partial charge in [0.1, 0.15) is 17.2 Å². The first-order valence-corrected chi connectivity index (χ1v) is 12.7. The van der Waals surface area contributed by atoms with Crippen LogP contribution in [0.5, 0.6) is 5.88 Å². The van der Waals surface area contributed by atoms with Gasteiger partial charge >= 0.3 is 0 Å². The molecule has 1 aliphatic rings. The lowest BCUT2D eigenvalue weighted by Crippen LogP contribution is -2.51. The maximum Gasteiger partial charge on any atom is 0.253 e. The highest BCUT2D eigenvalue weighted by Gasteiger charge is 2.36. The lowest BCUT2D eigenvalue weighted by molar-refractivity contribution is -0.0388. The molecule has 0 saturated heterocycles. The van der Waals surface area contributed by atoms with Crippen molar-refractivity contribution in [2.75, 3.05) is 0 Å². The van der Waals surface area contributed by atoms with E-state index in [9.17, 15) is 14.3 Å². The van der Waals surface area contributed by atoms with Crippen LogP contribution >= 0.6 is 0 Å². The molecule has 0 bridgehead atoms. The summed E-state index contributed by atoms with van der Waals surface area (Å²) in [4.78, 5) is 17.5. The Morgan fingerprint density at radius 2 is 2.08 bits per heavy atom. The number of aromatic nitrogens is 3. The van der Waals surface area contributed by atoms with Gasteiger partial charge in [0.05, 0.1) is 11.6 Å². The topological polar surface area (TPSA) is 100 Å². The molecule has 8 heteroatoms. The third kappa shape index (κ3) is 5.64. The Balaban J connectivity index is 1.34. The second-order valence-corrected chi connectivity index (χ2v) is 10.1. The van der Waals surface area contributed by atoms with Crippen molar-refractivity contribution in [2.45, 2.75) is 57.8 Å². The van der Waals surface area contributed by atoms with Crippen LogP contribution < -0.4 is 10.1 Å². The number of carbonyl (C=O) groups excluding carboxylic acids is 1. The van der Waals surface area contributed by atoms with Gasteiger partial charge in [-0.2, -0.15) is 5.10 Å². The summed E-state index contributed by atoms with van der Waals surface area (Å²) in [5.41, 5.74) is 2.01. The summed E-state index contributed by atoms with van der Waals surface area (Å²) in [5.74, 6) is -0.0153. The van der Waals surface area contributed by atoms with Crippen LogP contribution in [-0.2, 0) is 6.42 Å². The van der Waals surface area contributed by atoms with E-state index in [1.807, 2.05) is 32.0 Å². The molecule has 1 saturated carbocycles. The number of pyridine rings is 1. The molecule has 1 amide bonds. The van der Waals surface area contributed by atoms with Crippen molar-refractivity contribution in [2.24, 2.45) is 5.92 Å². The average Bonchev–Trinajstić information content (AvgIpc) is 3.28. The van der Waals surface area contributed by atoms with Crippen LogP contribution in [0.15, 0.2) is 60.8 Å². The van der Waals surface area contributed by atoms with Crippen molar-refractivity contribution >= 4 is 16.8 Å². The van der Waals surface area contributed by atoms with E-state index in [0.29, 0.717) is 42.0 Å². The number of nitrogens with one attached hydrogen (secondary N) is 2. The van der Waals surface area contributed by atoms with Crippen molar-refractivity contribution < 1.29 is 19.0 Å². The summed E-state index contributed by atoms with van der Waals surface area (Å²) in [6, 6.07) is 15.7. The fourth-order valence-corrected chi connectivity index (χ4v) is 5.15. The summed E-state index contributed by atoms with van der Waals surface area (Å²) >= 11 is 0. The summed E-state index contributed by atoms with van der Waals surface area (Å²) < 4.78 is 19.9. The third-order valence-electron chi connectivity index (χ3n) is 6.83. The van der Waals surface area contributed by atoms with E-state index >= 15 is 0 Å². The van der Waals surface area contributed by atoms with Crippen LogP contribution in [0, 0.1) is 11.7 Å². The molecule has 0 spiro atoms. The molecule has 0 unspecified atom stereocenters. The molecule has 37 heavy (non-hydrogen) atoms. The number of carbonyl (C=O) groups is 1. The second-order valence-electron chi connectivity index (χ2n) is 10.1. The third-order valence-corrected chi connectivity index (χ3v) is 6.83. The van der Waals surface area contributed by atoms with Gasteiger partial charge < -0.3 is 15.2 Å². The number of nitrogens with zero attached hydrogens (tertiary/aromatic N) is 2. The summed E-state index contributed by atoms with van der Waals surface area (Å²) in [5, 5.41) is 22.4. The molecule has 2 atom stereocenters. The number of fused-ring (bicyclic) bond motifs is 1. The standard InChI is InChI=1S/C29H31FN4O3/c1-18(2)37-26-16-21(11-13-31-26)27-23-15-22(9-10-25(23)33-34-27)28(35)32-29(36)12-5-6-19(17-29)14-20-7-3-4-8-24(20)30/h3-4,7-11,13,15-16,18-19,36H,5-6,12,14,17H2,1-2H3,(H,32,35)(H,33,34)/t19-,29+/m0/s1. The van der Waals surface area contributed by atoms with Crippen molar-refractivity contribution in [1.29, 1.82) is 0 Å². The predicted molar refractivity (Wildman–Crippen MR) is 140 cm³/mol. The monoisotopic (exact) mass is 502 g/mol. The molecule has 7 nitrogen and oxygen atoms in total. The Bertz CT molecular complexity index is 1420. The molecule has 1 fully saturated rings. The van der Waals surface area contributed by atoms with Crippen LogP contribution in [0.25, 0.3) is 22.2 Å². The Labute approximate surface area is 215 Å². The molecule has 192 valence electrons. The maximum absolute atomic E-state index is 14.2. The van der Waals surface area contributed by atoms with Gasteiger partial charge in [-0.3, -0.25) is 9.89 Å². The van der Waals surface area contributed by atoms with Crippen molar-refractivity contribution in [3.63, 3.8) is 0 Å². The summed E-state index contributed by atoms with van der Waals surface area (Å²) in [7, 11) is 0. The molecular formula is C29H31FN4O3. The number of hydrogen-bond acceptors (Lipinski definition) is 5. The number of halogens is 1. The number of ether oxygens (including phenoxy) is 1. The first-order chi connectivity index (χ1) is 17.8. The Morgan fingerprint density at radius 3 is 2.89 bits per heavy atom. The zero-order chi connectivity index (χ0) is 26.0. The van der Waals surface area contributed by atoms with Crippen LogP contribution in [-0.4, -0.2) is 38.0 Å². The van der Waals surface area contributed by atoms with Gasteiger partial charge in [-0.15, -0.1) is 0 Å². The molecule has 2 aromatic heterocycles. The van der Waals surface area contributed by atoms with E-state index in [1.165, 1.54) is 6.07 Å². The first kappa shape index (κ1) is 24.9. The quantitative estimate of drug-likeness (QED) is 0.294. The number of amides is 1. The van der Waals surface area contributed by atoms with Gasteiger partial charge in [-0.05, 0) is 87.8 Å². The average molecular weight is 503 g/mol. The minimum Gasteiger partial charge on any atom is -0.475 e. The molecule has 4 aromatic rings. The fraction of sp³-hybridized carbons (Fsp3) is 0.345.